The molecule has 0 radical (unpaired) electrons. The van der Waals surface area contributed by atoms with Crippen LogP contribution >= 0.6 is 34.8 Å². The minimum Gasteiger partial charge on any atom is -0.352 e. The first-order chi connectivity index (χ1) is 21.4. The third-order valence-corrected chi connectivity index (χ3v) is 9.75. The highest BCUT2D eigenvalue weighted by Crippen LogP contribution is 2.31. The molecule has 0 aromatic heterocycles. The van der Waals surface area contributed by atoms with Gasteiger partial charge in [0.25, 0.3) is 10.0 Å². The second-order valence-corrected chi connectivity index (χ2v) is 14.0. The van der Waals surface area contributed by atoms with E-state index in [1.807, 2.05) is 51.1 Å². The maximum absolute atomic E-state index is 14.5. The summed E-state index contributed by atoms with van der Waals surface area (Å²) in [6.45, 7) is 4.78. The SMILES string of the molecule is Cc1ccc(S(=O)(=O)N(CC(=O)N(Cc2ccc(Cl)cc2Cl)[C@@H](Cc2ccccc2)C(=O)NC(C)C)c2ccccc2Cl)cc1. The second-order valence-electron chi connectivity index (χ2n) is 10.9. The summed E-state index contributed by atoms with van der Waals surface area (Å²) < 4.78 is 29.2. The molecular weight excluding hydrogens is 653 g/mol. The number of nitrogens with zero attached hydrogens (tertiary/aromatic N) is 2. The quantitative estimate of drug-likeness (QED) is 0.169. The Hall–Kier alpha value is -3.56. The number of nitrogens with one attached hydrogen (secondary N) is 1. The molecule has 0 unspecified atom stereocenters. The van der Waals surface area contributed by atoms with Gasteiger partial charge in [0.15, 0.2) is 0 Å². The first-order valence-corrected chi connectivity index (χ1v) is 16.9. The van der Waals surface area contributed by atoms with Crippen LogP contribution in [-0.4, -0.2) is 43.8 Å². The second kappa shape index (κ2) is 15.1. The van der Waals surface area contributed by atoms with Crippen molar-refractivity contribution in [1.82, 2.24) is 10.2 Å². The number of benzene rings is 4. The van der Waals surface area contributed by atoms with Crippen LogP contribution in [-0.2, 0) is 32.6 Å². The minimum absolute atomic E-state index is 0.00787. The van der Waals surface area contributed by atoms with Crippen LogP contribution in [0.15, 0.2) is 102 Å². The molecule has 7 nitrogen and oxygen atoms in total. The topological polar surface area (TPSA) is 86.8 Å². The maximum Gasteiger partial charge on any atom is 0.264 e. The summed E-state index contributed by atoms with van der Waals surface area (Å²) in [6, 6.07) is 25.7. The van der Waals surface area contributed by atoms with Gasteiger partial charge in [-0.1, -0.05) is 101 Å². The zero-order valence-corrected chi connectivity index (χ0v) is 28.2. The Morgan fingerprint density at radius 1 is 0.822 bits per heavy atom. The van der Waals surface area contributed by atoms with E-state index < -0.39 is 34.4 Å². The first-order valence-electron chi connectivity index (χ1n) is 14.3. The summed E-state index contributed by atoms with van der Waals surface area (Å²) in [5.74, 6) is -1.02. The number of amides is 2. The Morgan fingerprint density at radius 2 is 1.47 bits per heavy atom. The molecule has 0 saturated carbocycles. The number of hydrogen-bond acceptors (Lipinski definition) is 4. The largest absolute Gasteiger partial charge is 0.352 e. The minimum atomic E-state index is -4.28. The van der Waals surface area contributed by atoms with Gasteiger partial charge in [-0.3, -0.25) is 13.9 Å². The zero-order valence-electron chi connectivity index (χ0n) is 25.1. The average Bonchev–Trinajstić information content (AvgIpc) is 2.99. The lowest BCUT2D eigenvalue weighted by atomic mass is 10.0. The number of carbonyl (C=O) groups excluding carboxylic acids is 2. The molecule has 236 valence electrons. The van der Waals surface area contributed by atoms with Crippen LogP contribution in [0.1, 0.15) is 30.5 Å². The maximum atomic E-state index is 14.5. The van der Waals surface area contributed by atoms with Gasteiger partial charge >= 0.3 is 0 Å². The Labute approximate surface area is 279 Å². The molecule has 0 bridgehead atoms. The molecule has 2 amide bonds. The van der Waals surface area contributed by atoms with Crippen molar-refractivity contribution in [2.45, 2.75) is 50.7 Å². The molecule has 0 aliphatic carbocycles. The van der Waals surface area contributed by atoms with Gasteiger partial charge in [0.1, 0.15) is 12.6 Å². The fourth-order valence-corrected chi connectivity index (χ4v) is 6.96. The van der Waals surface area contributed by atoms with E-state index in [4.69, 9.17) is 34.8 Å². The third kappa shape index (κ3) is 8.79. The van der Waals surface area contributed by atoms with Crippen LogP contribution in [0.3, 0.4) is 0 Å². The highest BCUT2D eigenvalue weighted by atomic mass is 35.5. The van der Waals surface area contributed by atoms with E-state index in [0.29, 0.717) is 15.6 Å². The predicted molar refractivity (Wildman–Crippen MR) is 181 cm³/mol. The lowest BCUT2D eigenvalue weighted by molar-refractivity contribution is -0.140. The molecular formula is C34H34Cl3N3O4S. The van der Waals surface area contributed by atoms with Gasteiger partial charge in [-0.05, 0) is 68.3 Å². The number of carbonyl (C=O) groups is 2. The molecule has 4 aromatic carbocycles. The van der Waals surface area contributed by atoms with Crippen molar-refractivity contribution in [2.24, 2.45) is 0 Å². The van der Waals surface area contributed by atoms with Crippen molar-refractivity contribution < 1.29 is 18.0 Å². The number of rotatable bonds is 12. The third-order valence-electron chi connectivity index (χ3n) is 7.07. The number of halogens is 3. The Kier molecular flexibility index (Phi) is 11.6. The van der Waals surface area contributed by atoms with Gasteiger partial charge in [-0.2, -0.15) is 0 Å². The number of anilines is 1. The molecule has 0 fully saturated rings. The van der Waals surface area contributed by atoms with E-state index in [0.717, 1.165) is 15.4 Å². The van der Waals surface area contributed by atoms with Crippen LogP contribution in [0.5, 0.6) is 0 Å². The van der Waals surface area contributed by atoms with Gasteiger partial charge in [0, 0.05) is 29.1 Å². The van der Waals surface area contributed by atoms with Gasteiger partial charge in [0.05, 0.1) is 15.6 Å². The smallest absolute Gasteiger partial charge is 0.264 e. The fraction of sp³-hybridized carbons (Fsp3) is 0.235. The highest BCUT2D eigenvalue weighted by molar-refractivity contribution is 7.92. The van der Waals surface area contributed by atoms with Gasteiger partial charge in [-0.15, -0.1) is 0 Å². The summed E-state index contributed by atoms with van der Waals surface area (Å²) in [6.07, 6.45) is 0.174. The van der Waals surface area contributed by atoms with Gasteiger partial charge < -0.3 is 10.2 Å². The Balaban J connectivity index is 1.83. The number of aryl methyl sites for hydroxylation is 1. The van der Waals surface area contributed by atoms with E-state index in [-0.39, 0.29) is 34.6 Å². The molecule has 1 atom stereocenters. The monoisotopic (exact) mass is 685 g/mol. The predicted octanol–water partition coefficient (Wildman–Crippen LogP) is 7.32. The van der Waals surface area contributed by atoms with Gasteiger partial charge in [-0.25, -0.2) is 8.42 Å². The molecule has 45 heavy (non-hydrogen) atoms. The summed E-state index contributed by atoms with van der Waals surface area (Å²) in [7, 11) is -4.28. The Morgan fingerprint density at radius 3 is 2.09 bits per heavy atom. The number of hydrogen-bond donors (Lipinski definition) is 1. The fourth-order valence-electron chi connectivity index (χ4n) is 4.77. The number of sulfonamides is 1. The van der Waals surface area contributed by atoms with Crippen molar-refractivity contribution >= 4 is 62.3 Å². The molecule has 0 aliphatic heterocycles. The molecule has 4 rings (SSSR count). The standard InChI is InChI=1S/C34H34Cl3N3O4S/c1-23(2)38-34(42)32(19-25-9-5-4-6-10-25)39(21-26-15-16-27(35)20-30(26)37)33(41)22-40(31-12-8-7-11-29(31)36)45(43,44)28-17-13-24(3)14-18-28/h4-18,20,23,32H,19,21-22H2,1-3H3,(H,38,42)/t32-/m0/s1. The van der Waals surface area contributed by atoms with Gasteiger partial charge in [0.2, 0.25) is 11.8 Å². The summed E-state index contributed by atoms with van der Waals surface area (Å²) in [5.41, 5.74) is 2.36. The Bertz CT molecular complexity index is 1750. The first kappa shape index (κ1) is 34.3. The molecule has 0 heterocycles. The van der Waals surface area contributed by atoms with E-state index in [1.54, 1.807) is 48.5 Å². The normalized spacial score (nSPS) is 12.1. The lowest BCUT2D eigenvalue weighted by Gasteiger charge is -2.34. The van der Waals surface area contributed by atoms with Crippen molar-refractivity contribution in [3.05, 3.63) is 129 Å². The van der Waals surface area contributed by atoms with E-state index in [9.17, 15) is 18.0 Å². The summed E-state index contributed by atoms with van der Waals surface area (Å²) in [5, 5.41) is 3.78. The van der Waals surface area contributed by atoms with Crippen LogP contribution in [0.4, 0.5) is 5.69 Å². The molecule has 0 saturated heterocycles. The summed E-state index contributed by atoms with van der Waals surface area (Å²) >= 11 is 19.2. The van der Waals surface area contributed by atoms with E-state index >= 15 is 0 Å². The lowest BCUT2D eigenvalue weighted by Crippen LogP contribution is -2.54. The van der Waals surface area contributed by atoms with Crippen LogP contribution in [0.2, 0.25) is 15.1 Å². The molecule has 0 aliphatic rings. The van der Waals surface area contributed by atoms with Crippen molar-refractivity contribution in [1.29, 1.82) is 0 Å². The molecule has 1 N–H and O–H groups in total. The van der Waals surface area contributed by atoms with Crippen LogP contribution in [0, 0.1) is 6.92 Å². The number of para-hydroxylation sites is 1. The average molecular weight is 687 g/mol. The van der Waals surface area contributed by atoms with Crippen molar-refractivity contribution in [3.63, 3.8) is 0 Å². The molecule has 0 spiro atoms. The highest BCUT2D eigenvalue weighted by Gasteiger charge is 2.35. The zero-order chi connectivity index (χ0) is 32.7. The molecule has 11 heteroatoms. The van der Waals surface area contributed by atoms with E-state index in [1.165, 1.54) is 23.1 Å². The van der Waals surface area contributed by atoms with Crippen LogP contribution in [0.25, 0.3) is 0 Å². The van der Waals surface area contributed by atoms with Crippen LogP contribution < -0.4 is 9.62 Å². The summed E-state index contributed by atoms with van der Waals surface area (Å²) in [4.78, 5) is 29.6. The van der Waals surface area contributed by atoms with Crippen molar-refractivity contribution in [2.75, 3.05) is 10.8 Å². The van der Waals surface area contributed by atoms with Crippen molar-refractivity contribution in [3.8, 4) is 0 Å². The van der Waals surface area contributed by atoms with E-state index in [2.05, 4.69) is 5.32 Å². The molecule has 4 aromatic rings.